The number of aromatic nitrogens is 1. The molecule has 3 rings (SSSR count). The van der Waals surface area contributed by atoms with Crippen molar-refractivity contribution in [2.45, 2.75) is 20.0 Å². The highest BCUT2D eigenvalue weighted by molar-refractivity contribution is 7.07. The topological polar surface area (TPSA) is 49.3 Å². The minimum Gasteiger partial charge on any atom is -0.357 e. The lowest BCUT2D eigenvalue weighted by molar-refractivity contribution is 0.818. The number of nitrogens with one attached hydrogen (secondary N) is 2. The fraction of sp³-hybridized carbons (Fsp3) is 0.222. The normalized spacial score (nSPS) is 11.6. The van der Waals surface area contributed by atoms with E-state index in [9.17, 15) is 0 Å². The molecule has 0 aliphatic carbocycles. The lowest BCUT2D eigenvalue weighted by Gasteiger charge is -2.12. The van der Waals surface area contributed by atoms with Crippen molar-refractivity contribution < 1.29 is 0 Å². The Morgan fingerprint density at radius 3 is 2.91 bits per heavy atom. The minimum atomic E-state index is 0.687. The number of pyridine rings is 1. The van der Waals surface area contributed by atoms with Crippen LogP contribution in [0.2, 0.25) is 0 Å². The SMILES string of the molecule is CCNC(=NCc1ccsc1)NCc1cccc2cccnc12. The first-order valence-electron chi connectivity index (χ1n) is 7.72. The summed E-state index contributed by atoms with van der Waals surface area (Å²) < 4.78 is 0. The molecule has 23 heavy (non-hydrogen) atoms. The number of hydrogen-bond donors (Lipinski definition) is 2. The molecule has 0 radical (unpaired) electrons. The molecule has 0 unspecified atom stereocenters. The van der Waals surface area contributed by atoms with Crippen LogP contribution in [0.15, 0.2) is 58.3 Å². The second-order valence-corrected chi connectivity index (χ2v) is 5.95. The number of hydrogen-bond acceptors (Lipinski definition) is 3. The Balaban J connectivity index is 1.71. The van der Waals surface area contributed by atoms with Crippen LogP contribution in [0.25, 0.3) is 10.9 Å². The molecule has 2 N–H and O–H groups in total. The van der Waals surface area contributed by atoms with Gasteiger partial charge in [-0.1, -0.05) is 24.3 Å². The van der Waals surface area contributed by atoms with Crippen LogP contribution in [0.4, 0.5) is 0 Å². The Morgan fingerprint density at radius 2 is 2.09 bits per heavy atom. The van der Waals surface area contributed by atoms with E-state index in [1.165, 1.54) is 11.1 Å². The number of rotatable bonds is 5. The molecular formula is C18H20N4S. The number of guanidine groups is 1. The molecular weight excluding hydrogens is 304 g/mol. The predicted molar refractivity (Wildman–Crippen MR) is 97.7 cm³/mol. The first-order chi connectivity index (χ1) is 11.4. The number of nitrogens with zero attached hydrogens (tertiary/aromatic N) is 2. The minimum absolute atomic E-state index is 0.687. The molecule has 0 aliphatic heterocycles. The number of fused-ring (bicyclic) bond motifs is 1. The van der Waals surface area contributed by atoms with Crippen LogP contribution in [0, 0.1) is 0 Å². The van der Waals surface area contributed by atoms with Crippen LogP contribution in [-0.4, -0.2) is 17.5 Å². The van der Waals surface area contributed by atoms with E-state index in [0.717, 1.165) is 23.4 Å². The fourth-order valence-corrected chi connectivity index (χ4v) is 3.04. The van der Waals surface area contributed by atoms with E-state index >= 15 is 0 Å². The molecule has 0 fully saturated rings. The van der Waals surface area contributed by atoms with Crippen molar-refractivity contribution in [3.05, 3.63) is 64.5 Å². The number of para-hydroxylation sites is 1. The zero-order valence-electron chi connectivity index (χ0n) is 13.1. The summed E-state index contributed by atoms with van der Waals surface area (Å²) in [6, 6.07) is 12.4. The molecule has 0 saturated carbocycles. The number of aliphatic imine (C=N–C) groups is 1. The van der Waals surface area contributed by atoms with E-state index in [4.69, 9.17) is 0 Å². The van der Waals surface area contributed by atoms with Gasteiger partial charge in [0.15, 0.2) is 5.96 Å². The third kappa shape index (κ3) is 4.07. The smallest absolute Gasteiger partial charge is 0.191 e. The van der Waals surface area contributed by atoms with Gasteiger partial charge >= 0.3 is 0 Å². The van der Waals surface area contributed by atoms with Crippen molar-refractivity contribution in [2.24, 2.45) is 4.99 Å². The summed E-state index contributed by atoms with van der Waals surface area (Å²) in [5.41, 5.74) is 3.44. The van der Waals surface area contributed by atoms with Gasteiger partial charge in [-0.15, -0.1) is 0 Å². The summed E-state index contributed by atoms with van der Waals surface area (Å²) in [6.45, 7) is 4.29. The summed E-state index contributed by atoms with van der Waals surface area (Å²) in [6.07, 6.45) is 1.84. The van der Waals surface area contributed by atoms with Crippen molar-refractivity contribution in [1.82, 2.24) is 15.6 Å². The zero-order chi connectivity index (χ0) is 15.9. The Hall–Kier alpha value is -2.40. The maximum absolute atomic E-state index is 4.63. The second-order valence-electron chi connectivity index (χ2n) is 5.17. The van der Waals surface area contributed by atoms with Crippen molar-refractivity contribution in [2.75, 3.05) is 6.54 Å². The van der Waals surface area contributed by atoms with Gasteiger partial charge in [0.2, 0.25) is 0 Å². The number of benzene rings is 1. The van der Waals surface area contributed by atoms with Gasteiger partial charge in [-0.3, -0.25) is 4.98 Å². The molecule has 5 heteroatoms. The lowest BCUT2D eigenvalue weighted by Crippen LogP contribution is -2.36. The average Bonchev–Trinajstić information content (AvgIpc) is 3.11. The first-order valence-corrected chi connectivity index (χ1v) is 8.67. The largest absolute Gasteiger partial charge is 0.357 e. The summed E-state index contributed by atoms with van der Waals surface area (Å²) in [7, 11) is 0. The van der Waals surface area contributed by atoms with Gasteiger partial charge < -0.3 is 10.6 Å². The lowest BCUT2D eigenvalue weighted by atomic mass is 10.1. The molecule has 0 spiro atoms. The molecule has 0 amide bonds. The highest BCUT2D eigenvalue weighted by Gasteiger charge is 2.03. The van der Waals surface area contributed by atoms with E-state index in [1.54, 1.807) is 11.3 Å². The van der Waals surface area contributed by atoms with Crippen molar-refractivity contribution in [3.63, 3.8) is 0 Å². The monoisotopic (exact) mass is 324 g/mol. The maximum atomic E-state index is 4.63. The molecule has 0 atom stereocenters. The molecule has 4 nitrogen and oxygen atoms in total. The molecule has 0 bridgehead atoms. The van der Waals surface area contributed by atoms with Gasteiger partial charge in [0, 0.05) is 24.7 Å². The van der Waals surface area contributed by atoms with Crippen molar-refractivity contribution >= 4 is 28.2 Å². The van der Waals surface area contributed by atoms with E-state index in [-0.39, 0.29) is 0 Å². The van der Waals surface area contributed by atoms with E-state index in [2.05, 4.69) is 68.6 Å². The third-order valence-corrected chi connectivity index (χ3v) is 4.24. The number of thiophene rings is 1. The van der Waals surface area contributed by atoms with Gasteiger partial charge in [-0.05, 0) is 40.9 Å². The fourth-order valence-electron chi connectivity index (χ4n) is 2.38. The third-order valence-electron chi connectivity index (χ3n) is 3.51. The molecule has 0 aliphatic rings. The summed E-state index contributed by atoms with van der Waals surface area (Å²) >= 11 is 1.70. The summed E-state index contributed by atoms with van der Waals surface area (Å²) in [5, 5.41) is 12.0. The van der Waals surface area contributed by atoms with Crippen LogP contribution in [-0.2, 0) is 13.1 Å². The van der Waals surface area contributed by atoms with Crippen LogP contribution >= 0.6 is 11.3 Å². The zero-order valence-corrected chi connectivity index (χ0v) is 13.9. The first kappa shape index (κ1) is 15.5. The van der Waals surface area contributed by atoms with Gasteiger partial charge in [-0.2, -0.15) is 11.3 Å². The Morgan fingerprint density at radius 1 is 1.17 bits per heavy atom. The van der Waals surface area contributed by atoms with Crippen LogP contribution < -0.4 is 10.6 Å². The highest BCUT2D eigenvalue weighted by atomic mass is 32.1. The van der Waals surface area contributed by atoms with Crippen LogP contribution in [0.5, 0.6) is 0 Å². The molecule has 0 saturated heterocycles. The predicted octanol–water partition coefficient (Wildman–Crippen LogP) is 3.55. The molecule has 118 valence electrons. The van der Waals surface area contributed by atoms with Crippen LogP contribution in [0.1, 0.15) is 18.1 Å². The molecule has 2 heterocycles. The van der Waals surface area contributed by atoms with E-state index < -0.39 is 0 Å². The highest BCUT2D eigenvalue weighted by Crippen LogP contribution is 2.15. The Kier molecular flexibility index (Phi) is 5.21. The van der Waals surface area contributed by atoms with E-state index in [0.29, 0.717) is 13.1 Å². The second kappa shape index (κ2) is 7.74. The Labute approximate surface area is 140 Å². The van der Waals surface area contributed by atoms with Gasteiger partial charge in [0.1, 0.15) is 0 Å². The molecule has 3 aromatic rings. The quantitative estimate of drug-likeness (QED) is 0.557. The molecule has 1 aromatic carbocycles. The van der Waals surface area contributed by atoms with Gasteiger partial charge in [0.25, 0.3) is 0 Å². The van der Waals surface area contributed by atoms with Crippen LogP contribution in [0.3, 0.4) is 0 Å². The van der Waals surface area contributed by atoms with Gasteiger partial charge in [0.05, 0.1) is 12.1 Å². The summed E-state index contributed by atoms with van der Waals surface area (Å²) in [4.78, 5) is 9.12. The van der Waals surface area contributed by atoms with E-state index in [1.807, 2.05) is 12.3 Å². The maximum Gasteiger partial charge on any atom is 0.191 e. The van der Waals surface area contributed by atoms with Gasteiger partial charge in [-0.25, -0.2) is 4.99 Å². The van der Waals surface area contributed by atoms with Crippen molar-refractivity contribution in [3.8, 4) is 0 Å². The van der Waals surface area contributed by atoms with Crippen molar-refractivity contribution in [1.29, 1.82) is 0 Å². The molecule has 2 aromatic heterocycles. The standard InChI is InChI=1S/C18H20N4S/c1-2-19-18(21-11-14-8-10-23-13-14)22-12-16-6-3-5-15-7-4-9-20-17(15)16/h3-10,13H,2,11-12H2,1H3,(H2,19,21,22). The summed E-state index contributed by atoms with van der Waals surface area (Å²) in [5.74, 6) is 0.826. The average molecular weight is 324 g/mol. The Bertz CT molecular complexity index is 775.